The van der Waals surface area contributed by atoms with Crippen LogP contribution in [-0.2, 0) is 7.05 Å². The molecule has 1 unspecified atom stereocenters. The lowest BCUT2D eigenvalue weighted by Crippen LogP contribution is -2.34. The Morgan fingerprint density at radius 1 is 1.42 bits per heavy atom. The summed E-state index contributed by atoms with van der Waals surface area (Å²) < 4.78 is 2.06. The zero-order chi connectivity index (χ0) is 13.4. The summed E-state index contributed by atoms with van der Waals surface area (Å²) in [6, 6.07) is 6.30. The molecule has 0 spiro atoms. The number of aromatic nitrogens is 1. The van der Waals surface area contributed by atoms with Crippen molar-refractivity contribution in [3.8, 4) is 0 Å². The van der Waals surface area contributed by atoms with Crippen molar-refractivity contribution < 1.29 is 4.79 Å². The molecule has 3 rings (SSSR count). The van der Waals surface area contributed by atoms with Crippen molar-refractivity contribution in [1.29, 1.82) is 0 Å². The Bertz CT molecular complexity index is 621. The Balaban J connectivity index is 2.02. The van der Waals surface area contributed by atoms with E-state index in [1.807, 2.05) is 13.2 Å². The van der Waals surface area contributed by atoms with Crippen LogP contribution in [0.5, 0.6) is 0 Å². The van der Waals surface area contributed by atoms with Gasteiger partial charge < -0.3 is 9.88 Å². The van der Waals surface area contributed by atoms with Crippen LogP contribution < -0.4 is 5.32 Å². The topological polar surface area (TPSA) is 34.0 Å². The minimum atomic E-state index is 0.139. The third kappa shape index (κ3) is 2.19. The molecule has 1 aromatic carbocycles. The van der Waals surface area contributed by atoms with Crippen LogP contribution in [-0.4, -0.2) is 23.4 Å². The first-order chi connectivity index (χ1) is 9.16. The molecule has 1 saturated heterocycles. The summed E-state index contributed by atoms with van der Waals surface area (Å²) in [5, 5.41) is 4.41. The second-order valence-corrected chi connectivity index (χ2v) is 5.58. The minimum absolute atomic E-state index is 0.139. The fourth-order valence-corrected chi connectivity index (χ4v) is 2.99. The molecule has 100 valence electrons. The van der Waals surface area contributed by atoms with E-state index in [2.05, 4.69) is 35.0 Å². The molecular formula is C16H20N2O. The number of ketones is 1. The van der Waals surface area contributed by atoms with Gasteiger partial charge in [-0.05, 0) is 37.9 Å². The van der Waals surface area contributed by atoms with Crippen molar-refractivity contribution in [3.63, 3.8) is 0 Å². The van der Waals surface area contributed by atoms with Gasteiger partial charge in [0, 0.05) is 42.2 Å². The second kappa shape index (κ2) is 4.82. The quantitative estimate of drug-likeness (QED) is 0.838. The van der Waals surface area contributed by atoms with Gasteiger partial charge in [-0.3, -0.25) is 4.79 Å². The maximum absolute atomic E-state index is 12.7. The van der Waals surface area contributed by atoms with Gasteiger partial charge in [-0.15, -0.1) is 0 Å². The van der Waals surface area contributed by atoms with Crippen LogP contribution in [0.1, 0.15) is 28.8 Å². The molecule has 0 amide bonds. The van der Waals surface area contributed by atoms with Gasteiger partial charge in [0.15, 0.2) is 5.78 Å². The fourth-order valence-electron chi connectivity index (χ4n) is 2.99. The van der Waals surface area contributed by atoms with E-state index in [4.69, 9.17) is 0 Å². The number of fused-ring (bicyclic) bond motifs is 1. The zero-order valence-electron chi connectivity index (χ0n) is 11.6. The summed E-state index contributed by atoms with van der Waals surface area (Å²) in [5.41, 5.74) is 3.25. The molecule has 2 heterocycles. The highest BCUT2D eigenvalue weighted by Gasteiger charge is 2.24. The highest BCUT2D eigenvalue weighted by Crippen LogP contribution is 2.26. The maximum atomic E-state index is 12.7. The first kappa shape index (κ1) is 12.4. The lowest BCUT2D eigenvalue weighted by molar-refractivity contribution is 0.0901. The number of nitrogens with zero attached hydrogens (tertiary/aromatic N) is 1. The number of Topliss-reactive ketones (excluding diaryl/α,β-unsaturated/α-hetero) is 1. The van der Waals surface area contributed by atoms with Crippen molar-refractivity contribution >= 4 is 16.7 Å². The molecule has 0 aliphatic carbocycles. The van der Waals surface area contributed by atoms with E-state index < -0.39 is 0 Å². The van der Waals surface area contributed by atoms with Crippen molar-refractivity contribution in [2.75, 3.05) is 13.1 Å². The molecule has 1 aliphatic heterocycles. The predicted molar refractivity (Wildman–Crippen MR) is 77.6 cm³/mol. The van der Waals surface area contributed by atoms with Gasteiger partial charge in [0.25, 0.3) is 0 Å². The summed E-state index contributed by atoms with van der Waals surface area (Å²) in [6.45, 7) is 3.94. The summed E-state index contributed by atoms with van der Waals surface area (Å²) in [4.78, 5) is 12.7. The fraction of sp³-hybridized carbons (Fsp3) is 0.438. The maximum Gasteiger partial charge on any atom is 0.169 e. The summed E-state index contributed by atoms with van der Waals surface area (Å²) in [5.74, 6) is 0.433. The van der Waals surface area contributed by atoms with Crippen molar-refractivity contribution in [3.05, 3.63) is 35.5 Å². The molecule has 0 bridgehead atoms. The van der Waals surface area contributed by atoms with Gasteiger partial charge in [-0.2, -0.15) is 0 Å². The second-order valence-electron chi connectivity index (χ2n) is 5.58. The Morgan fingerprint density at radius 2 is 2.26 bits per heavy atom. The number of benzene rings is 1. The molecule has 1 aliphatic rings. The zero-order valence-corrected chi connectivity index (χ0v) is 11.6. The van der Waals surface area contributed by atoms with E-state index in [9.17, 15) is 4.79 Å². The lowest BCUT2D eigenvalue weighted by atomic mass is 9.91. The van der Waals surface area contributed by atoms with Crippen molar-refractivity contribution in [1.82, 2.24) is 9.88 Å². The molecule has 1 atom stereocenters. The Kier molecular flexibility index (Phi) is 3.15. The standard InChI is InChI=1S/C16H20N2O/c1-11-5-6-13-14(10-18(2)15(13)8-11)16(19)12-4-3-7-17-9-12/h5-6,8,10,12,17H,3-4,7,9H2,1-2H3. The molecule has 1 aromatic heterocycles. The SMILES string of the molecule is Cc1ccc2c(C(=O)C3CCCNC3)cn(C)c2c1. The number of rotatable bonds is 2. The Labute approximate surface area is 113 Å². The van der Waals surface area contributed by atoms with Gasteiger partial charge in [-0.25, -0.2) is 0 Å². The van der Waals surface area contributed by atoms with Gasteiger partial charge in [0.1, 0.15) is 0 Å². The predicted octanol–water partition coefficient (Wildman–Crippen LogP) is 2.67. The first-order valence-electron chi connectivity index (χ1n) is 6.97. The smallest absolute Gasteiger partial charge is 0.169 e. The Morgan fingerprint density at radius 3 is 3.00 bits per heavy atom. The largest absolute Gasteiger partial charge is 0.350 e. The third-order valence-corrected chi connectivity index (χ3v) is 4.08. The molecule has 19 heavy (non-hydrogen) atoms. The molecule has 0 radical (unpaired) electrons. The van der Waals surface area contributed by atoms with E-state index in [1.54, 1.807) is 0 Å². The van der Waals surface area contributed by atoms with Crippen molar-refractivity contribution in [2.24, 2.45) is 13.0 Å². The highest BCUT2D eigenvalue weighted by molar-refractivity contribution is 6.09. The lowest BCUT2D eigenvalue weighted by Gasteiger charge is -2.21. The van der Waals surface area contributed by atoms with Crippen molar-refractivity contribution in [2.45, 2.75) is 19.8 Å². The van der Waals surface area contributed by atoms with Crippen LogP contribution in [0, 0.1) is 12.8 Å². The van der Waals surface area contributed by atoms with E-state index in [1.165, 1.54) is 5.56 Å². The molecule has 0 saturated carbocycles. The third-order valence-electron chi connectivity index (χ3n) is 4.08. The highest BCUT2D eigenvalue weighted by atomic mass is 16.1. The summed E-state index contributed by atoms with van der Waals surface area (Å²) in [7, 11) is 2.01. The molecule has 2 aromatic rings. The molecule has 1 fully saturated rings. The van der Waals surface area contributed by atoms with Crippen LogP contribution >= 0.6 is 0 Å². The number of piperidine rings is 1. The number of aryl methyl sites for hydroxylation is 2. The summed E-state index contributed by atoms with van der Waals surface area (Å²) in [6.07, 6.45) is 4.09. The van der Waals surface area contributed by atoms with Crippen LogP contribution in [0.25, 0.3) is 10.9 Å². The number of hydrogen-bond acceptors (Lipinski definition) is 2. The summed E-state index contributed by atoms with van der Waals surface area (Å²) >= 11 is 0. The van der Waals surface area contributed by atoms with Gasteiger partial charge >= 0.3 is 0 Å². The first-order valence-corrected chi connectivity index (χ1v) is 6.97. The Hall–Kier alpha value is -1.61. The number of carbonyl (C=O) groups excluding carboxylic acids is 1. The van der Waals surface area contributed by atoms with Crippen LogP contribution in [0.4, 0.5) is 0 Å². The van der Waals surface area contributed by atoms with Crippen LogP contribution in [0.15, 0.2) is 24.4 Å². The van der Waals surface area contributed by atoms with E-state index >= 15 is 0 Å². The molecule has 1 N–H and O–H groups in total. The number of carbonyl (C=O) groups is 1. The average Bonchev–Trinajstić information content (AvgIpc) is 2.76. The van der Waals surface area contributed by atoms with Gasteiger partial charge in [0.2, 0.25) is 0 Å². The molecule has 3 nitrogen and oxygen atoms in total. The van der Waals surface area contributed by atoms with Gasteiger partial charge in [-0.1, -0.05) is 12.1 Å². The van der Waals surface area contributed by atoms with Gasteiger partial charge in [0.05, 0.1) is 0 Å². The number of nitrogens with one attached hydrogen (secondary N) is 1. The number of hydrogen-bond donors (Lipinski definition) is 1. The van der Waals surface area contributed by atoms with E-state index in [0.717, 1.165) is 42.4 Å². The molecule has 3 heteroatoms. The molecular weight excluding hydrogens is 236 g/mol. The van der Waals surface area contributed by atoms with Crippen LogP contribution in [0.3, 0.4) is 0 Å². The monoisotopic (exact) mass is 256 g/mol. The van der Waals surface area contributed by atoms with E-state index in [0.29, 0.717) is 5.78 Å². The normalized spacial score (nSPS) is 19.8. The van der Waals surface area contributed by atoms with E-state index in [-0.39, 0.29) is 5.92 Å². The van der Waals surface area contributed by atoms with Crippen LogP contribution in [0.2, 0.25) is 0 Å². The minimum Gasteiger partial charge on any atom is -0.350 e. The average molecular weight is 256 g/mol.